The van der Waals surface area contributed by atoms with Gasteiger partial charge in [-0.1, -0.05) is 32.6 Å². The highest BCUT2D eigenvalue weighted by molar-refractivity contribution is 6.17. The molecule has 4 heteroatoms. The Labute approximate surface area is 123 Å². The lowest BCUT2D eigenvalue weighted by Gasteiger charge is -2.06. The van der Waals surface area contributed by atoms with Crippen LogP contribution in [0.4, 0.5) is 0 Å². The zero-order chi connectivity index (χ0) is 14.0. The highest BCUT2D eigenvalue weighted by Crippen LogP contribution is 2.01. The van der Waals surface area contributed by atoms with Crippen molar-refractivity contribution in [2.75, 3.05) is 45.5 Å². The van der Waals surface area contributed by atoms with Gasteiger partial charge in [-0.2, -0.15) is 0 Å². The smallest absolute Gasteiger partial charge is 0.0701 e. The van der Waals surface area contributed by atoms with Gasteiger partial charge in [0.05, 0.1) is 26.4 Å². The minimum Gasteiger partial charge on any atom is -0.379 e. The Morgan fingerprint density at radius 2 is 1.05 bits per heavy atom. The molecule has 0 fully saturated rings. The number of halogens is 1. The molecule has 0 amide bonds. The van der Waals surface area contributed by atoms with Gasteiger partial charge in [-0.05, 0) is 19.3 Å². The third-order valence-electron chi connectivity index (χ3n) is 2.81. The van der Waals surface area contributed by atoms with Gasteiger partial charge in [0.2, 0.25) is 0 Å². The van der Waals surface area contributed by atoms with Gasteiger partial charge in [-0.3, -0.25) is 0 Å². The Balaban J connectivity index is 2.88. The van der Waals surface area contributed by atoms with Crippen LogP contribution in [0.3, 0.4) is 0 Å². The molecule has 0 saturated carbocycles. The number of hydrogen-bond acceptors (Lipinski definition) is 3. The summed E-state index contributed by atoms with van der Waals surface area (Å²) in [5.74, 6) is 0.773. The molecule has 0 heterocycles. The van der Waals surface area contributed by atoms with Gasteiger partial charge in [-0.15, -0.1) is 11.6 Å². The van der Waals surface area contributed by atoms with Crippen molar-refractivity contribution in [2.45, 2.75) is 51.9 Å². The Morgan fingerprint density at radius 3 is 1.58 bits per heavy atom. The molecule has 19 heavy (non-hydrogen) atoms. The summed E-state index contributed by atoms with van der Waals surface area (Å²) in [5.41, 5.74) is 0. The van der Waals surface area contributed by atoms with Crippen molar-refractivity contribution in [2.24, 2.45) is 0 Å². The molecule has 0 aromatic heterocycles. The summed E-state index contributed by atoms with van der Waals surface area (Å²) in [6, 6.07) is 0. The van der Waals surface area contributed by atoms with Crippen molar-refractivity contribution in [3.8, 4) is 0 Å². The van der Waals surface area contributed by atoms with E-state index in [1.54, 1.807) is 0 Å². The highest BCUT2D eigenvalue weighted by atomic mass is 35.5. The normalized spacial score (nSPS) is 11.1. The molecule has 0 bridgehead atoms. The van der Waals surface area contributed by atoms with Crippen LogP contribution in [0.15, 0.2) is 0 Å². The van der Waals surface area contributed by atoms with Gasteiger partial charge in [-0.25, -0.2) is 0 Å². The molecule has 0 aliphatic rings. The first-order valence-electron chi connectivity index (χ1n) is 7.71. The van der Waals surface area contributed by atoms with Crippen LogP contribution in [0.1, 0.15) is 51.9 Å². The largest absolute Gasteiger partial charge is 0.379 e. The Kier molecular flexibility index (Phi) is 18.3. The van der Waals surface area contributed by atoms with E-state index in [-0.39, 0.29) is 0 Å². The second-order valence-corrected chi connectivity index (χ2v) is 5.03. The summed E-state index contributed by atoms with van der Waals surface area (Å²) in [5, 5.41) is 0. The minimum atomic E-state index is 0.667. The Morgan fingerprint density at radius 1 is 0.579 bits per heavy atom. The van der Waals surface area contributed by atoms with Crippen LogP contribution < -0.4 is 0 Å². The summed E-state index contributed by atoms with van der Waals surface area (Å²) >= 11 is 5.60. The topological polar surface area (TPSA) is 27.7 Å². The zero-order valence-corrected chi connectivity index (χ0v) is 13.3. The first-order chi connectivity index (χ1) is 9.41. The van der Waals surface area contributed by atoms with E-state index in [1.807, 2.05) is 0 Å². The fraction of sp³-hybridized carbons (Fsp3) is 1.00. The third kappa shape index (κ3) is 18.2. The maximum absolute atomic E-state index is 5.60. The monoisotopic (exact) mass is 294 g/mol. The van der Waals surface area contributed by atoms with Gasteiger partial charge >= 0.3 is 0 Å². The van der Waals surface area contributed by atoms with E-state index >= 15 is 0 Å². The standard InChI is InChI=1S/C15H31ClO3/c1-2-3-7-10-17-12-14-19-15-13-18-11-8-5-4-6-9-16/h2-15H2,1H3. The second-order valence-electron chi connectivity index (χ2n) is 4.65. The molecule has 0 spiro atoms. The predicted molar refractivity (Wildman–Crippen MR) is 81.2 cm³/mol. The van der Waals surface area contributed by atoms with Crippen molar-refractivity contribution in [3.63, 3.8) is 0 Å². The molecule has 0 aromatic rings. The first-order valence-corrected chi connectivity index (χ1v) is 8.24. The van der Waals surface area contributed by atoms with E-state index in [1.165, 1.54) is 25.7 Å². The lowest BCUT2D eigenvalue weighted by atomic mass is 10.2. The molecule has 0 radical (unpaired) electrons. The fourth-order valence-electron chi connectivity index (χ4n) is 1.65. The van der Waals surface area contributed by atoms with E-state index in [0.717, 1.165) is 38.4 Å². The van der Waals surface area contributed by atoms with Crippen molar-refractivity contribution in [1.29, 1.82) is 0 Å². The molecule has 0 atom stereocenters. The molecule has 116 valence electrons. The van der Waals surface area contributed by atoms with Crippen LogP contribution in [-0.2, 0) is 14.2 Å². The van der Waals surface area contributed by atoms with Crippen molar-refractivity contribution >= 4 is 11.6 Å². The second kappa shape index (κ2) is 18.2. The molecular weight excluding hydrogens is 264 g/mol. The van der Waals surface area contributed by atoms with E-state index in [2.05, 4.69) is 6.92 Å². The number of rotatable bonds is 16. The molecule has 0 aromatic carbocycles. The van der Waals surface area contributed by atoms with Crippen molar-refractivity contribution in [1.82, 2.24) is 0 Å². The average Bonchev–Trinajstić information content (AvgIpc) is 2.43. The van der Waals surface area contributed by atoms with Crippen molar-refractivity contribution in [3.05, 3.63) is 0 Å². The molecule has 0 unspecified atom stereocenters. The van der Waals surface area contributed by atoms with Crippen molar-refractivity contribution < 1.29 is 14.2 Å². The van der Waals surface area contributed by atoms with Crippen LogP contribution in [0.5, 0.6) is 0 Å². The van der Waals surface area contributed by atoms with Crippen LogP contribution in [0, 0.1) is 0 Å². The number of ether oxygens (including phenoxy) is 3. The summed E-state index contributed by atoms with van der Waals surface area (Å²) in [7, 11) is 0. The van der Waals surface area contributed by atoms with E-state index in [0.29, 0.717) is 26.4 Å². The van der Waals surface area contributed by atoms with Gasteiger partial charge < -0.3 is 14.2 Å². The van der Waals surface area contributed by atoms with Crippen LogP contribution in [-0.4, -0.2) is 45.5 Å². The maximum atomic E-state index is 5.60. The number of hydrogen-bond donors (Lipinski definition) is 0. The van der Waals surface area contributed by atoms with Gasteiger partial charge in [0.25, 0.3) is 0 Å². The SMILES string of the molecule is CCCCCOCCOCCOCCCCCCCl. The minimum absolute atomic E-state index is 0.667. The lowest BCUT2D eigenvalue weighted by Crippen LogP contribution is -2.10. The molecular formula is C15H31ClO3. The van der Waals surface area contributed by atoms with E-state index in [9.17, 15) is 0 Å². The van der Waals surface area contributed by atoms with E-state index in [4.69, 9.17) is 25.8 Å². The van der Waals surface area contributed by atoms with Gasteiger partial charge in [0, 0.05) is 19.1 Å². The molecule has 0 rings (SSSR count). The van der Waals surface area contributed by atoms with Crippen LogP contribution in [0.25, 0.3) is 0 Å². The highest BCUT2D eigenvalue weighted by Gasteiger charge is 1.93. The fourth-order valence-corrected chi connectivity index (χ4v) is 1.84. The number of unbranched alkanes of at least 4 members (excludes halogenated alkanes) is 5. The maximum Gasteiger partial charge on any atom is 0.0701 e. The van der Waals surface area contributed by atoms with Crippen LogP contribution >= 0.6 is 11.6 Å². The molecule has 0 N–H and O–H groups in total. The predicted octanol–water partition coefficient (Wildman–Crippen LogP) is 4.03. The van der Waals surface area contributed by atoms with E-state index < -0.39 is 0 Å². The molecule has 0 saturated heterocycles. The zero-order valence-electron chi connectivity index (χ0n) is 12.5. The Bertz CT molecular complexity index is 140. The lowest BCUT2D eigenvalue weighted by molar-refractivity contribution is 0.0133. The van der Waals surface area contributed by atoms with Gasteiger partial charge in [0.15, 0.2) is 0 Å². The Hall–Kier alpha value is 0.170. The summed E-state index contributed by atoms with van der Waals surface area (Å²) in [6.45, 7) is 6.61. The summed E-state index contributed by atoms with van der Waals surface area (Å²) in [4.78, 5) is 0. The molecule has 3 nitrogen and oxygen atoms in total. The van der Waals surface area contributed by atoms with Crippen LogP contribution in [0.2, 0.25) is 0 Å². The molecule has 0 aliphatic heterocycles. The first kappa shape index (κ1) is 19.2. The number of alkyl halides is 1. The third-order valence-corrected chi connectivity index (χ3v) is 3.08. The molecule has 0 aliphatic carbocycles. The van der Waals surface area contributed by atoms with Gasteiger partial charge in [0.1, 0.15) is 0 Å². The average molecular weight is 295 g/mol. The summed E-state index contributed by atoms with van der Waals surface area (Å²) in [6.07, 6.45) is 8.30. The summed E-state index contributed by atoms with van der Waals surface area (Å²) < 4.78 is 16.3. The quantitative estimate of drug-likeness (QED) is 0.318.